The lowest BCUT2D eigenvalue weighted by molar-refractivity contribution is -0.199. The third kappa shape index (κ3) is 6.40. The monoisotopic (exact) mass is 449 g/mol. The Bertz CT molecular complexity index is 667. The van der Waals surface area contributed by atoms with Gasteiger partial charge in [-0.1, -0.05) is 46.0 Å². The summed E-state index contributed by atoms with van der Waals surface area (Å²) in [5.41, 5.74) is 5.71. The first-order valence-corrected chi connectivity index (χ1v) is 11.3. The minimum absolute atomic E-state index is 0.0633. The molecule has 172 valence electrons. The van der Waals surface area contributed by atoms with Gasteiger partial charge in [-0.2, -0.15) is 0 Å². The van der Waals surface area contributed by atoms with E-state index in [2.05, 4.69) is 10.3 Å². The average Bonchev–Trinajstić information content (AvgIpc) is 3.19. The Hall–Kier alpha value is -1.20. The zero-order valence-corrected chi connectivity index (χ0v) is 18.5. The highest BCUT2D eigenvalue weighted by atomic mass is 32.1. The lowest BCUT2D eigenvalue weighted by Crippen LogP contribution is -2.67. The predicted octanol–water partition coefficient (Wildman–Crippen LogP) is 2.67. The molecule has 1 heterocycles. The van der Waals surface area contributed by atoms with Gasteiger partial charge in [-0.05, 0) is 25.2 Å². The molecule has 1 aromatic rings. The number of carbonyl (C=O) groups excluding carboxylic acids is 1. The number of ether oxygens (including phenoxy) is 1. The van der Waals surface area contributed by atoms with Crippen LogP contribution < -0.4 is 15.8 Å². The summed E-state index contributed by atoms with van der Waals surface area (Å²) in [6.45, 7) is 4.21. The summed E-state index contributed by atoms with van der Waals surface area (Å²) >= 11 is 1.23. The van der Waals surface area contributed by atoms with E-state index >= 15 is 0 Å². The van der Waals surface area contributed by atoms with Crippen LogP contribution in [0.3, 0.4) is 0 Å². The molecule has 1 saturated carbocycles. The zero-order chi connectivity index (χ0) is 22.5. The fraction of sp³-hybridized carbons (Fsp3) is 0.800. The van der Waals surface area contributed by atoms with Crippen molar-refractivity contribution >= 4 is 17.3 Å². The molecule has 1 aliphatic carbocycles. The van der Waals surface area contributed by atoms with Crippen LogP contribution in [0.5, 0.6) is 5.88 Å². The van der Waals surface area contributed by atoms with Crippen molar-refractivity contribution in [1.29, 1.82) is 0 Å². The first kappa shape index (κ1) is 25.1. The molecular weight excluding hydrogens is 416 g/mol. The van der Waals surface area contributed by atoms with Crippen LogP contribution in [0.15, 0.2) is 10.9 Å². The number of aromatic nitrogens is 1. The van der Waals surface area contributed by atoms with E-state index in [-0.39, 0.29) is 18.2 Å². The Kier molecular flexibility index (Phi) is 8.70. The van der Waals surface area contributed by atoms with Crippen molar-refractivity contribution in [1.82, 2.24) is 10.3 Å². The molecule has 7 nitrogen and oxygen atoms in total. The lowest BCUT2D eigenvalue weighted by Gasteiger charge is -2.39. The molecule has 0 amide bonds. The van der Waals surface area contributed by atoms with Crippen molar-refractivity contribution in [2.45, 2.75) is 89.1 Å². The minimum Gasteiger partial charge on any atom is -0.404 e. The van der Waals surface area contributed by atoms with E-state index in [4.69, 9.17) is 10.5 Å². The summed E-state index contributed by atoms with van der Waals surface area (Å²) < 4.78 is 34.8. The Labute approximate surface area is 180 Å². The minimum atomic E-state index is -3.78. The van der Waals surface area contributed by atoms with Crippen LogP contribution in [0.4, 0.5) is 8.78 Å². The number of aliphatic hydroxyl groups is 2. The Morgan fingerprint density at radius 2 is 1.97 bits per heavy atom. The fourth-order valence-electron chi connectivity index (χ4n) is 3.83. The topological polar surface area (TPSA) is 118 Å². The number of thiazole rings is 1. The van der Waals surface area contributed by atoms with Crippen LogP contribution >= 0.6 is 11.3 Å². The maximum absolute atomic E-state index is 14.8. The van der Waals surface area contributed by atoms with Gasteiger partial charge in [0.25, 0.3) is 5.92 Å². The second kappa shape index (κ2) is 10.4. The van der Waals surface area contributed by atoms with Crippen LogP contribution in [-0.4, -0.2) is 51.0 Å². The van der Waals surface area contributed by atoms with Crippen LogP contribution in [0, 0.1) is 11.8 Å². The Morgan fingerprint density at radius 3 is 2.50 bits per heavy atom. The van der Waals surface area contributed by atoms with Crippen LogP contribution in [0.2, 0.25) is 0 Å². The number of nitrogens with two attached hydrogens (primary N) is 1. The third-order valence-corrected chi connectivity index (χ3v) is 6.19. The van der Waals surface area contributed by atoms with E-state index in [0.717, 1.165) is 32.1 Å². The molecule has 2 rings (SSSR count). The molecule has 4 atom stereocenters. The van der Waals surface area contributed by atoms with Crippen molar-refractivity contribution in [3.63, 3.8) is 0 Å². The van der Waals surface area contributed by atoms with E-state index < -0.39 is 41.7 Å². The number of alkyl halides is 2. The van der Waals surface area contributed by atoms with Crippen LogP contribution in [0.1, 0.15) is 59.3 Å². The summed E-state index contributed by atoms with van der Waals surface area (Å²) in [5, 5.41) is 24.8. The number of rotatable bonds is 10. The summed E-state index contributed by atoms with van der Waals surface area (Å²) in [7, 11) is 0. The highest BCUT2D eigenvalue weighted by Crippen LogP contribution is 2.34. The molecule has 30 heavy (non-hydrogen) atoms. The molecule has 1 aliphatic rings. The molecule has 1 unspecified atom stereocenters. The maximum Gasteiger partial charge on any atom is 0.347 e. The van der Waals surface area contributed by atoms with Crippen molar-refractivity contribution in [2.24, 2.45) is 17.6 Å². The normalized spacial score (nSPS) is 21.1. The van der Waals surface area contributed by atoms with Gasteiger partial charge in [0, 0.05) is 6.04 Å². The van der Waals surface area contributed by atoms with Gasteiger partial charge in [0.1, 0.15) is 12.2 Å². The van der Waals surface area contributed by atoms with Gasteiger partial charge in [-0.15, -0.1) is 11.3 Å². The summed E-state index contributed by atoms with van der Waals surface area (Å²) in [5.74, 6) is -5.27. The first-order valence-electron chi connectivity index (χ1n) is 10.4. The van der Waals surface area contributed by atoms with Crippen molar-refractivity contribution < 1.29 is 28.5 Å². The smallest absolute Gasteiger partial charge is 0.347 e. The van der Waals surface area contributed by atoms with Gasteiger partial charge < -0.3 is 20.7 Å². The van der Waals surface area contributed by atoms with Gasteiger partial charge in [0.15, 0.2) is 5.66 Å². The summed E-state index contributed by atoms with van der Waals surface area (Å²) in [4.78, 5) is 16.4. The third-order valence-electron chi connectivity index (χ3n) is 5.63. The molecule has 0 spiro atoms. The zero-order valence-electron chi connectivity index (χ0n) is 17.7. The van der Waals surface area contributed by atoms with E-state index in [1.165, 1.54) is 43.0 Å². The second-order valence-corrected chi connectivity index (χ2v) is 9.44. The molecule has 0 aromatic carbocycles. The van der Waals surface area contributed by atoms with Gasteiger partial charge in [-0.25, -0.2) is 18.6 Å². The van der Waals surface area contributed by atoms with Crippen molar-refractivity contribution in [2.75, 3.05) is 0 Å². The molecule has 0 aliphatic heterocycles. The van der Waals surface area contributed by atoms with E-state index in [1.807, 2.05) is 0 Å². The Morgan fingerprint density at radius 1 is 1.33 bits per heavy atom. The number of hydrogen-bond donors (Lipinski definition) is 4. The molecule has 1 aromatic heterocycles. The predicted molar refractivity (Wildman–Crippen MR) is 110 cm³/mol. The number of carbonyl (C=O) groups is 1. The van der Waals surface area contributed by atoms with Crippen molar-refractivity contribution in [3.8, 4) is 5.88 Å². The molecule has 0 saturated heterocycles. The largest absolute Gasteiger partial charge is 0.404 e. The molecule has 0 radical (unpaired) electrons. The molecular formula is C20H33F2N3O4S. The number of nitrogens with zero attached hydrogens (tertiary/aromatic N) is 1. The van der Waals surface area contributed by atoms with Crippen LogP contribution in [-0.2, 0) is 4.79 Å². The summed E-state index contributed by atoms with van der Waals surface area (Å²) in [6, 6.07) is -1.21. The van der Waals surface area contributed by atoms with Gasteiger partial charge >= 0.3 is 5.97 Å². The van der Waals surface area contributed by atoms with E-state index in [9.17, 15) is 23.8 Å². The van der Waals surface area contributed by atoms with E-state index in [1.54, 1.807) is 0 Å². The number of halogens is 2. The number of hydrogen-bond acceptors (Lipinski definition) is 8. The van der Waals surface area contributed by atoms with Gasteiger partial charge in [0.05, 0.1) is 10.9 Å². The van der Waals surface area contributed by atoms with Crippen LogP contribution in [0.25, 0.3) is 0 Å². The van der Waals surface area contributed by atoms with Crippen molar-refractivity contribution in [3.05, 3.63) is 10.9 Å². The number of aliphatic hydroxyl groups excluding tert-OH is 2. The standard InChI is InChI=1S/C20H33F2N3O4S/c1-12(2)16(26)20(21,22)17(27)14(9-13-7-5-4-6-8-13)25-19(3,23)18(28)29-15-10-30-11-24-15/h10-14,16-17,25-27H,4-9,23H2,1-3H3/t14-,16+,17+,19?/m0/s1. The SMILES string of the molecule is CC(C)[C@@H](O)C(F)(F)[C@H](O)[C@H](CC1CCCCC1)NC(C)(N)C(=O)Oc1cscn1. The quantitative estimate of drug-likeness (QED) is 0.320. The van der Waals surface area contributed by atoms with E-state index in [0.29, 0.717) is 0 Å². The summed E-state index contributed by atoms with van der Waals surface area (Å²) in [6.07, 6.45) is 0.725. The Balaban J connectivity index is 2.19. The molecule has 5 N–H and O–H groups in total. The average molecular weight is 450 g/mol. The van der Waals surface area contributed by atoms with Gasteiger partial charge in [-0.3, -0.25) is 5.32 Å². The highest BCUT2D eigenvalue weighted by molar-refractivity contribution is 7.07. The lowest BCUT2D eigenvalue weighted by atomic mass is 9.81. The molecule has 0 bridgehead atoms. The first-order chi connectivity index (χ1) is 13.9. The second-order valence-electron chi connectivity index (χ2n) is 8.72. The highest BCUT2D eigenvalue weighted by Gasteiger charge is 2.52. The van der Waals surface area contributed by atoms with Gasteiger partial charge in [0.2, 0.25) is 5.88 Å². The maximum atomic E-state index is 14.8. The molecule has 1 fully saturated rings. The number of nitrogens with one attached hydrogen (secondary N) is 1. The molecule has 10 heteroatoms. The fourth-order valence-corrected chi connectivity index (χ4v) is 4.28. The number of esters is 1.